The van der Waals surface area contributed by atoms with Crippen molar-refractivity contribution in [3.63, 3.8) is 0 Å². The summed E-state index contributed by atoms with van der Waals surface area (Å²) in [5.74, 6) is 0.252. The van der Waals surface area contributed by atoms with Gasteiger partial charge in [-0.15, -0.1) is 0 Å². The van der Waals surface area contributed by atoms with Gasteiger partial charge in [0.15, 0.2) is 0 Å². The lowest BCUT2D eigenvalue weighted by Crippen LogP contribution is -2.27. The molecule has 5 heteroatoms. The fourth-order valence-corrected chi connectivity index (χ4v) is 3.64. The topological polar surface area (TPSA) is 60.4 Å². The molecule has 0 aromatic heterocycles. The van der Waals surface area contributed by atoms with Crippen molar-refractivity contribution in [3.05, 3.63) is 29.8 Å². The lowest BCUT2D eigenvalue weighted by molar-refractivity contribution is -0.122. The highest BCUT2D eigenvalue weighted by Crippen LogP contribution is 2.29. The molecule has 20 heavy (non-hydrogen) atoms. The van der Waals surface area contributed by atoms with E-state index in [1.165, 1.54) is 0 Å². The highest BCUT2D eigenvalue weighted by Gasteiger charge is 2.28. The summed E-state index contributed by atoms with van der Waals surface area (Å²) in [6, 6.07) is 6.63. The van der Waals surface area contributed by atoms with Gasteiger partial charge in [0.25, 0.3) is 10.1 Å². The van der Waals surface area contributed by atoms with Crippen LogP contribution in [0.5, 0.6) is 0 Å². The lowest BCUT2D eigenvalue weighted by atomic mass is 9.85. The predicted octanol–water partition coefficient (Wildman–Crippen LogP) is 2.85. The molecule has 0 saturated heterocycles. The van der Waals surface area contributed by atoms with Crippen LogP contribution in [-0.2, 0) is 19.1 Å². The molecule has 1 aromatic carbocycles. The summed E-state index contributed by atoms with van der Waals surface area (Å²) in [5.41, 5.74) is 1.01. The average molecular weight is 296 g/mol. The van der Waals surface area contributed by atoms with Crippen LogP contribution in [0.3, 0.4) is 0 Å². The molecular weight excluding hydrogens is 276 g/mol. The molecule has 0 amide bonds. The van der Waals surface area contributed by atoms with Crippen molar-refractivity contribution in [2.45, 2.75) is 50.5 Å². The third-order valence-corrected chi connectivity index (χ3v) is 5.20. The van der Waals surface area contributed by atoms with E-state index in [-0.39, 0.29) is 22.7 Å². The Bertz CT molecular complexity index is 566. The number of aryl methyl sites for hydroxylation is 1. The summed E-state index contributed by atoms with van der Waals surface area (Å²) >= 11 is 0. The van der Waals surface area contributed by atoms with Gasteiger partial charge in [-0.1, -0.05) is 17.7 Å². The van der Waals surface area contributed by atoms with Gasteiger partial charge >= 0.3 is 0 Å². The first-order valence-electron chi connectivity index (χ1n) is 6.89. The molecule has 1 saturated carbocycles. The average Bonchev–Trinajstić information content (AvgIpc) is 2.39. The van der Waals surface area contributed by atoms with E-state index in [9.17, 15) is 13.2 Å². The molecule has 1 aliphatic carbocycles. The minimum atomic E-state index is -3.70. The van der Waals surface area contributed by atoms with E-state index in [4.69, 9.17) is 4.18 Å². The van der Waals surface area contributed by atoms with Gasteiger partial charge in [-0.05, 0) is 51.7 Å². The first-order chi connectivity index (χ1) is 9.38. The SMILES string of the molecule is Cc1ccc(S(=O)(=O)O[C@H]2CC[C@@H](C(C)=O)CC2)cc1. The zero-order valence-electron chi connectivity index (χ0n) is 11.8. The molecule has 1 aromatic rings. The standard InChI is InChI=1S/C15H20O4S/c1-11-3-9-15(10-4-11)20(17,18)19-14-7-5-13(6-8-14)12(2)16/h3-4,9-10,13-14H,5-8H2,1-2H3/t13-,14+. The van der Waals surface area contributed by atoms with Gasteiger partial charge in [-0.2, -0.15) is 8.42 Å². The third-order valence-electron chi connectivity index (χ3n) is 3.82. The maximum absolute atomic E-state index is 12.1. The molecule has 0 aliphatic heterocycles. The Hall–Kier alpha value is -1.20. The zero-order chi connectivity index (χ0) is 14.8. The van der Waals surface area contributed by atoms with Crippen LogP contribution < -0.4 is 0 Å². The van der Waals surface area contributed by atoms with E-state index in [0.29, 0.717) is 25.7 Å². The van der Waals surface area contributed by atoms with Crippen molar-refractivity contribution in [3.8, 4) is 0 Å². The van der Waals surface area contributed by atoms with Crippen LogP contribution >= 0.6 is 0 Å². The summed E-state index contributed by atoms with van der Waals surface area (Å²) in [7, 11) is -3.70. The van der Waals surface area contributed by atoms with Crippen molar-refractivity contribution in [2.75, 3.05) is 0 Å². The van der Waals surface area contributed by atoms with E-state index in [1.54, 1.807) is 31.2 Å². The molecule has 110 valence electrons. The van der Waals surface area contributed by atoms with Gasteiger partial charge in [-0.3, -0.25) is 8.98 Å². The van der Waals surface area contributed by atoms with E-state index in [1.807, 2.05) is 6.92 Å². The Morgan fingerprint density at radius 2 is 1.65 bits per heavy atom. The van der Waals surface area contributed by atoms with Gasteiger partial charge in [-0.25, -0.2) is 0 Å². The van der Waals surface area contributed by atoms with Crippen LogP contribution in [0.1, 0.15) is 38.2 Å². The fraction of sp³-hybridized carbons (Fsp3) is 0.533. The van der Waals surface area contributed by atoms with Crippen molar-refractivity contribution in [1.82, 2.24) is 0 Å². The number of hydrogen-bond acceptors (Lipinski definition) is 4. The van der Waals surface area contributed by atoms with Gasteiger partial charge in [0, 0.05) is 5.92 Å². The van der Waals surface area contributed by atoms with Crippen LogP contribution in [0.4, 0.5) is 0 Å². The molecule has 4 nitrogen and oxygen atoms in total. The molecule has 0 atom stereocenters. The summed E-state index contributed by atoms with van der Waals surface area (Å²) in [4.78, 5) is 11.5. The van der Waals surface area contributed by atoms with Crippen LogP contribution in [0, 0.1) is 12.8 Å². The molecule has 0 bridgehead atoms. The lowest BCUT2D eigenvalue weighted by Gasteiger charge is -2.26. The quantitative estimate of drug-likeness (QED) is 0.802. The van der Waals surface area contributed by atoms with E-state index in [0.717, 1.165) is 5.56 Å². The molecule has 0 spiro atoms. The molecule has 1 aliphatic rings. The van der Waals surface area contributed by atoms with Crippen LogP contribution in [0.25, 0.3) is 0 Å². The van der Waals surface area contributed by atoms with Crippen molar-refractivity contribution >= 4 is 15.9 Å². The van der Waals surface area contributed by atoms with Crippen molar-refractivity contribution < 1.29 is 17.4 Å². The number of benzene rings is 1. The smallest absolute Gasteiger partial charge is 0.297 e. The Balaban J connectivity index is 2.00. The maximum Gasteiger partial charge on any atom is 0.297 e. The van der Waals surface area contributed by atoms with Crippen LogP contribution in [-0.4, -0.2) is 20.3 Å². The highest BCUT2D eigenvalue weighted by atomic mass is 32.2. The van der Waals surface area contributed by atoms with E-state index < -0.39 is 10.1 Å². The maximum atomic E-state index is 12.1. The molecule has 0 N–H and O–H groups in total. The number of Topliss-reactive ketones (excluding diaryl/α,β-unsaturated/α-hetero) is 1. The second-order valence-corrected chi connectivity index (χ2v) is 7.02. The first kappa shape index (κ1) is 15.2. The van der Waals surface area contributed by atoms with Gasteiger partial charge in [0.05, 0.1) is 11.0 Å². The zero-order valence-corrected chi connectivity index (χ0v) is 12.7. The summed E-state index contributed by atoms with van der Waals surface area (Å²) in [5, 5.41) is 0. The Labute approximate surface area is 120 Å². The second-order valence-electron chi connectivity index (χ2n) is 5.45. The van der Waals surface area contributed by atoms with Crippen LogP contribution in [0.2, 0.25) is 0 Å². The Morgan fingerprint density at radius 1 is 1.10 bits per heavy atom. The molecule has 2 rings (SSSR count). The highest BCUT2D eigenvalue weighted by molar-refractivity contribution is 7.86. The van der Waals surface area contributed by atoms with Gasteiger partial charge in [0.1, 0.15) is 5.78 Å². The normalized spacial score (nSPS) is 23.5. The monoisotopic (exact) mass is 296 g/mol. The fourth-order valence-electron chi connectivity index (χ4n) is 2.51. The predicted molar refractivity (Wildman–Crippen MR) is 75.9 cm³/mol. The second kappa shape index (κ2) is 6.06. The first-order valence-corrected chi connectivity index (χ1v) is 8.30. The molecule has 0 heterocycles. The minimum absolute atomic E-state index is 0.0666. The number of ketones is 1. The largest absolute Gasteiger partial charge is 0.300 e. The number of carbonyl (C=O) groups is 1. The van der Waals surface area contributed by atoms with E-state index >= 15 is 0 Å². The number of carbonyl (C=O) groups excluding carboxylic acids is 1. The molecule has 1 fully saturated rings. The summed E-state index contributed by atoms with van der Waals surface area (Å²) in [6.07, 6.45) is 2.36. The molecule has 0 radical (unpaired) electrons. The summed E-state index contributed by atoms with van der Waals surface area (Å²) in [6.45, 7) is 3.50. The van der Waals surface area contributed by atoms with Crippen molar-refractivity contribution in [2.24, 2.45) is 5.92 Å². The Morgan fingerprint density at radius 3 is 2.15 bits per heavy atom. The number of rotatable bonds is 4. The van der Waals surface area contributed by atoms with Gasteiger partial charge < -0.3 is 0 Å². The van der Waals surface area contributed by atoms with Crippen LogP contribution in [0.15, 0.2) is 29.2 Å². The number of hydrogen-bond donors (Lipinski definition) is 0. The third kappa shape index (κ3) is 3.67. The summed E-state index contributed by atoms with van der Waals surface area (Å²) < 4.78 is 29.6. The molecule has 0 unspecified atom stereocenters. The Kier molecular flexibility index (Phi) is 4.60. The minimum Gasteiger partial charge on any atom is -0.300 e. The molecular formula is C15H20O4S. The van der Waals surface area contributed by atoms with Crippen molar-refractivity contribution in [1.29, 1.82) is 0 Å². The van der Waals surface area contributed by atoms with Gasteiger partial charge in [0.2, 0.25) is 0 Å². The van der Waals surface area contributed by atoms with E-state index in [2.05, 4.69) is 0 Å².